The van der Waals surface area contributed by atoms with Gasteiger partial charge in [-0.2, -0.15) is 0 Å². The van der Waals surface area contributed by atoms with Crippen molar-refractivity contribution in [2.75, 3.05) is 13.7 Å². The minimum Gasteiger partial charge on any atom is -0.508 e. The average Bonchev–Trinajstić information content (AvgIpc) is 2.26. The zero-order valence-corrected chi connectivity index (χ0v) is 9.77. The van der Waals surface area contributed by atoms with E-state index in [-0.39, 0.29) is 24.3 Å². The number of likely N-dealkylation sites (N-methyl/N-ethyl adjacent to an activating group) is 1. The lowest BCUT2D eigenvalue weighted by Gasteiger charge is -2.23. The largest absolute Gasteiger partial charge is 0.508 e. The number of nitrogens with zero attached hydrogens (tertiary/aromatic N) is 1. The molecule has 4 nitrogen and oxygen atoms in total. The molecule has 1 aromatic rings. The number of hydrogen-bond donors (Lipinski definition) is 2. The second-order valence-corrected chi connectivity index (χ2v) is 3.95. The number of carbonyl (C=O) groups is 1. The van der Waals surface area contributed by atoms with E-state index >= 15 is 0 Å². The summed E-state index contributed by atoms with van der Waals surface area (Å²) in [5.74, 6) is -0.00837. The smallest absolute Gasteiger partial charge is 0.254 e. The molecule has 88 valence electrons. The summed E-state index contributed by atoms with van der Waals surface area (Å²) in [5.41, 5.74) is 1.27. The fourth-order valence-corrected chi connectivity index (χ4v) is 1.40. The number of benzene rings is 1. The minimum atomic E-state index is -0.222. The van der Waals surface area contributed by atoms with Crippen LogP contribution in [0.4, 0.5) is 0 Å². The van der Waals surface area contributed by atoms with Crippen molar-refractivity contribution >= 4 is 5.91 Å². The van der Waals surface area contributed by atoms with Crippen molar-refractivity contribution in [2.24, 2.45) is 0 Å². The van der Waals surface area contributed by atoms with Crippen LogP contribution in [0, 0.1) is 6.92 Å². The SMILES string of the molecule is Cc1cc(O)ccc1C(=O)N(C)C(C)CO. The number of amides is 1. The van der Waals surface area contributed by atoms with Crippen LogP contribution in [-0.2, 0) is 0 Å². The van der Waals surface area contributed by atoms with Gasteiger partial charge in [-0.05, 0) is 37.6 Å². The van der Waals surface area contributed by atoms with E-state index in [4.69, 9.17) is 5.11 Å². The molecule has 1 unspecified atom stereocenters. The van der Waals surface area contributed by atoms with Gasteiger partial charge >= 0.3 is 0 Å². The first-order chi connectivity index (χ1) is 7.47. The molecule has 16 heavy (non-hydrogen) atoms. The Morgan fingerprint density at radius 3 is 2.62 bits per heavy atom. The number of rotatable bonds is 3. The van der Waals surface area contributed by atoms with E-state index < -0.39 is 0 Å². The van der Waals surface area contributed by atoms with Crippen molar-refractivity contribution in [1.82, 2.24) is 4.90 Å². The molecule has 0 radical (unpaired) electrons. The predicted octanol–water partition coefficient (Wildman–Crippen LogP) is 1.15. The van der Waals surface area contributed by atoms with Gasteiger partial charge in [-0.1, -0.05) is 0 Å². The summed E-state index contributed by atoms with van der Waals surface area (Å²) in [7, 11) is 1.65. The number of carbonyl (C=O) groups excluding carboxylic acids is 1. The monoisotopic (exact) mass is 223 g/mol. The zero-order chi connectivity index (χ0) is 12.3. The van der Waals surface area contributed by atoms with Gasteiger partial charge in [0.05, 0.1) is 12.6 Å². The number of hydrogen-bond acceptors (Lipinski definition) is 3. The molecule has 0 saturated carbocycles. The van der Waals surface area contributed by atoms with Crippen LogP contribution in [0.15, 0.2) is 18.2 Å². The lowest BCUT2D eigenvalue weighted by atomic mass is 10.1. The van der Waals surface area contributed by atoms with Crippen molar-refractivity contribution in [3.63, 3.8) is 0 Å². The van der Waals surface area contributed by atoms with E-state index in [0.717, 1.165) is 5.56 Å². The van der Waals surface area contributed by atoms with Crippen molar-refractivity contribution in [1.29, 1.82) is 0 Å². The second-order valence-electron chi connectivity index (χ2n) is 3.95. The standard InChI is InChI=1S/C12H17NO3/c1-8-6-10(15)4-5-11(8)12(16)13(3)9(2)7-14/h4-6,9,14-15H,7H2,1-3H3. The number of aliphatic hydroxyl groups excluding tert-OH is 1. The number of phenolic OH excluding ortho intramolecular Hbond substituents is 1. The Kier molecular flexibility index (Phi) is 3.90. The maximum absolute atomic E-state index is 12.0. The number of phenols is 1. The highest BCUT2D eigenvalue weighted by atomic mass is 16.3. The first kappa shape index (κ1) is 12.5. The fourth-order valence-electron chi connectivity index (χ4n) is 1.40. The maximum Gasteiger partial charge on any atom is 0.254 e. The van der Waals surface area contributed by atoms with Crippen LogP contribution < -0.4 is 0 Å². The third-order valence-electron chi connectivity index (χ3n) is 2.69. The average molecular weight is 223 g/mol. The molecule has 0 aromatic heterocycles. The molecule has 4 heteroatoms. The van der Waals surface area contributed by atoms with Gasteiger partial charge in [0.25, 0.3) is 5.91 Å². The molecule has 1 amide bonds. The van der Waals surface area contributed by atoms with Crippen LogP contribution in [0.25, 0.3) is 0 Å². The van der Waals surface area contributed by atoms with Gasteiger partial charge in [-0.3, -0.25) is 4.79 Å². The van der Waals surface area contributed by atoms with Gasteiger partial charge in [0.1, 0.15) is 5.75 Å². The molecule has 2 N–H and O–H groups in total. The normalized spacial score (nSPS) is 12.2. The van der Waals surface area contributed by atoms with Crippen LogP contribution in [0.1, 0.15) is 22.8 Å². The van der Waals surface area contributed by atoms with Crippen LogP contribution in [0.2, 0.25) is 0 Å². The molecule has 1 atom stereocenters. The summed E-state index contributed by atoms with van der Waals surface area (Å²) in [6.45, 7) is 3.47. The molecular weight excluding hydrogens is 206 g/mol. The summed E-state index contributed by atoms with van der Waals surface area (Å²) in [4.78, 5) is 13.5. The van der Waals surface area contributed by atoms with Crippen molar-refractivity contribution in [3.8, 4) is 5.75 Å². The highest BCUT2D eigenvalue weighted by molar-refractivity contribution is 5.95. The zero-order valence-electron chi connectivity index (χ0n) is 9.77. The Labute approximate surface area is 95.1 Å². The lowest BCUT2D eigenvalue weighted by molar-refractivity contribution is 0.0681. The van der Waals surface area contributed by atoms with Crippen LogP contribution in [-0.4, -0.2) is 40.7 Å². The molecule has 0 saturated heterocycles. The van der Waals surface area contributed by atoms with Crippen molar-refractivity contribution in [3.05, 3.63) is 29.3 Å². The first-order valence-electron chi connectivity index (χ1n) is 5.15. The Bertz CT molecular complexity index is 390. The topological polar surface area (TPSA) is 60.8 Å². The Balaban J connectivity index is 2.96. The lowest BCUT2D eigenvalue weighted by Crippen LogP contribution is -2.37. The number of aryl methyl sites for hydroxylation is 1. The molecule has 0 aliphatic heterocycles. The summed E-state index contributed by atoms with van der Waals surface area (Å²) in [6, 6.07) is 4.40. The van der Waals surface area contributed by atoms with E-state index in [1.807, 2.05) is 0 Å². The van der Waals surface area contributed by atoms with E-state index in [9.17, 15) is 9.90 Å². The molecule has 0 aliphatic rings. The van der Waals surface area contributed by atoms with Gasteiger partial charge in [-0.25, -0.2) is 0 Å². The van der Waals surface area contributed by atoms with Gasteiger partial charge < -0.3 is 15.1 Å². The van der Waals surface area contributed by atoms with Gasteiger partial charge in [0.2, 0.25) is 0 Å². The predicted molar refractivity (Wildman–Crippen MR) is 61.5 cm³/mol. The van der Waals surface area contributed by atoms with Gasteiger partial charge in [-0.15, -0.1) is 0 Å². The van der Waals surface area contributed by atoms with Crippen molar-refractivity contribution in [2.45, 2.75) is 19.9 Å². The van der Waals surface area contributed by atoms with E-state index in [1.54, 1.807) is 33.0 Å². The highest BCUT2D eigenvalue weighted by Crippen LogP contribution is 2.17. The van der Waals surface area contributed by atoms with E-state index in [2.05, 4.69) is 0 Å². The van der Waals surface area contributed by atoms with E-state index in [1.165, 1.54) is 11.0 Å². The molecule has 1 aromatic carbocycles. The molecule has 0 bridgehead atoms. The summed E-state index contributed by atoms with van der Waals surface area (Å²) >= 11 is 0. The molecular formula is C12H17NO3. The van der Waals surface area contributed by atoms with Crippen LogP contribution in [0.5, 0.6) is 5.75 Å². The quantitative estimate of drug-likeness (QED) is 0.808. The Morgan fingerprint density at radius 2 is 2.12 bits per heavy atom. The fraction of sp³-hybridized carbons (Fsp3) is 0.417. The number of aromatic hydroxyl groups is 1. The van der Waals surface area contributed by atoms with E-state index in [0.29, 0.717) is 5.56 Å². The summed E-state index contributed by atoms with van der Waals surface area (Å²) < 4.78 is 0. The summed E-state index contributed by atoms with van der Waals surface area (Å²) in [6.07, 6.45) is 0. The summed E-state index contributed by atoms with van der Waals surface area (Å²) in [5, 5.41) is 18.2. The third-order valence-corrected chi connectivity index (χ3v) is 2.69. The Hall–Kier alpha value is -1.55. The molecule has 0 fully saturated rings. The van der Waals surface area contributed by atoms with Gasteiger partial charge in [0, 0.05) is 12.6 Å². The third kappa shape index (κ3) is 2.52. The molecule has 1 rings (SSSR count). The minimum absolute atomic E-state index is 0.0701. The molecule has 0 heterocycles. The number of aliphatic hydroxyl groups is 1. The van der Waals surface area contributed by atoms with Crippen LogP contribution >= 0.6 is 0 Å². The Morgan fingerprint density at radius 1 is 1.50 bits per heavy atom. The van der Waals surface area contributed by atoms with Crippen molar-refractivity contribution < 1.29 is 15.0 Å². The van der Waals surface area contributed by atoms with Gasteiger partial charge in [0.15, 0.2) is 0 Å². The maximum atomic E-state index is 12.0. The van der Waals surface area contributed by atoms with Crippen LogP contribution in [0.3, 0.4) is 0 Å². The highest BCUT2D eigenvalue weighted by Gasteiger charge is 2.18. The molecule has 0 aliphatic carbocycles. The molecule has 0 spiro atoms. The first-order valence-corrected chi connectivity index (χ1v) is 5.15. The second kappa shape index (κ2) is 4.99.